The van der Waals surface area contributed by atoms with Crippen LogP contribution in [0.5, 0.6) is 11.5 Å². The Balaban J connectivity index is 1.61. The van der Waals surface area contributed by atoms with Gasteiger partial charge in [-0.2, -0.15) is 0 Å². The Kier molecular flexibility index (Phi) is 5.71. The van der Waals surface area contributed by atoms with E-state index in [4.69, 9.17) is 16.3 Å². The van der Waals surface area contributed by atoms with Crippen molar-refractivity contribution in [1.82, 2.24) is 5.32 Å². The lowest BCUT2D eigenvalue weighted by molar-refractivity contribution is 0.308. The quantitative estimate of drug-likeness (QED) is 0.766. The summed E-state index contributed by atoms with van der Waals surface area (Å²) in [5, 5.41) is 13.0. The van der Waals surface area contributed by atoms with Gasteiger partial charge >= 0.3 is 0 Å². The van der Waals surface area contributed by atoms with E-state index in [0.29, 0.717) is 11.6 Å². The molecule has 0 atom stereocenters. The van der Waals surface area contributed by atoms with Crippen molar-refractivity contribution in [2.45, 2.75) is 13.0 Å². The van der Waals surface area contributed by atoms with Crippen LogP contribution in [0.1, 0.15) is 12.0 Å². The maximum Gasteiger partial charge on any atom is 0.134 e. The molecule has 3 nitrogen and oxygen atoms in total. The third-order valence-electron chi connectivity index (χ3n) is 2.85. The number of phenolic OH excluding ortho intramolecular Hbond substituents is 1. The zero-order chi connectivity index (χ0) is 14.2. The standard InChI is InChI=1S/C16H18ClNO2/c17-15-11-13(7-8-16(15)19)12-18-9-4-10-20-14-5-2-1-3-6-14/h1-3,5-8,11,18-19H,4,9-10,12H2. The number of rotatable bonds is 7. The predicted octanol–water partition coefficient (Wildman–Crippen LogP) is 3.60. The normalized spacial score (nSPS) is 10.4. The van der Waals surface area contributed by atoms with Gasteiger partial charge in [0.05, 0.1) is 11.6 Å². The summed E-state index contributed by atoms with van der Waals surface area (Å²) in [5.74, 6) is 1.02. The molecule has 0 heterocycles. The van der Waals surface area contributed by atoms with Crippen LogP contribution in [0, 0.1) is 0 Å². The van der Waals surface area contributed by atoms with Crippen LogP contribution in [0.2, 0.25) is 5.02 Å². The lowest BCUT2D eigenvalue weighted by atomic mass is 10.2. The molecule has 0 bridgehead atoms. The third kappa shape index (κ3) is 4.76. The van der Waals surface area contributed by atoms with Crippen molar-refractivity contribution in [2.24, 2.45) is 0 Å². The van der Waals surface area contributed by atoms with E-state index in [1.54, 1.807) is 12.1 Å². The maximum atomic E-state index is 9.32. The number of ether oxygens (including phenoxy) is 1. The van der Waals surface area contributed by atoms with Crippen LogP contribution in [-0.4, -0.2) is 18.3 Å². The average molecular weight is 292 g/mol. The smallest absolute Gasteiger partial charge is 0.134 e. The minimum absolute atomic E-state index is 0.117. The van der Waals surface area contributed by atoms with E-state index >= 15 is 0 Å². The van der Waals surface area contributed by atoms with Crippen molar-refractivity contribution in [3.63, 3.8) is 0 Å². The highest BCUT2D eigenvalue weighted by Crippen LogP contribution is 2.23. The Morgan fingerprint density at radius 2 is 1.90 bits per heavy atom. The first-order chi connectivity index (χ1) is 9.75. The fourth-order valence-corrected chi connectivity index (χ4v) is 2.00. The molecule has 0 saturated heterocycles. The number of halogens is 1. The van der Waals surface area contributed by atoms with E-state index in [-0.39, 0.29) is 5.75 Å². The second-order valence-electron chi connectivity index (χ2n) is 4.48. The molecule has 4 heteroatoms. The molecular formula is C16H18ClNO2. The average Bonchev–Trinajstić information content (AvgIpc) is 2.47. The minimum Gasteiger partial charge on any atom is -0.506 e. The van der Waals surface area contributed by atoms with Gasteiger partial charge in [0.1, 0.15) is 11.5 Å². The third-order valence-corrected chi connectivity index (χ3v) is 3.15. The molecule has 0 aromatic heterocycles. The van der Waals surface area contributed by atoms with Crippen LogP contribution in [-0.2, 0) is 6.54 Å². The van der Waals surface area contributed by atoms with Crippen molar-refractivity contribution in [1.29, 1.82) is 0 Å². The molecule has 20 heavy (non-hydrogen) atoms. The molecule has 0 fully saturated rings. The number of hydrogen-bond donors (Lipinski definition) is 2. The summed E-state index contributed by atoms with van der Waals surface area (Å²) < 4.78 is 5.60. The van der Waals surface area contributed by atoms with Gasteiger partial charge in [-0.05, 0) is 42.8 Å². The van der Waals surface area contributed by atoms with Crippen molar-refractivity contribution in [3.05, 3.63) is 59.1 Å². The predicted molar refractivity (Wildman–Crippen MR) is 81.4 cm³/mol. The largest absolute Gasteiger partial charge is 0.506 e. The van der Waals surface area contributed by atoms with Gasteiger partial charge in [-0.15, -0.1) is 0 Å². The van der Waals surface area contributed by atoms with Crippen LogP contribution in [0.25, 0.3) is 0 Å². The Morgan fingerprint density at radius 3 is 2.65 bits per heavy atom. The van der Waals surface area contributed by atoms with Gasteiger partial charge in [-0.3, -0.25) is 0 Å². The molecule has 0 saturated carbocycles. The highest BCUT2D eigenvalue weighted by molar-refractivity contribution is 6.32. The Hall–Kier alpha value is -1.71. The zero-order valence-electron chi connectivity index (χ0n) is 11.2. The maximum absolute atomic E-state index is 9.32. The topological polar surface area (TPSA) is 41.5 Å². The van der Waals surface area contributed by atoms with Gasteiger partial charge in [-0.1, -0.05) is 35.9 Å². The molecule has 2 N–H and O–H groups in total. The van der Waals surface area contributed by atoms with Crippen molar-refractivity contribution >= 4 is 11.6 Å². The number of hydrogen-bond acceptors (Lipinski definition) is 3. The van der Waals surface area contributed by atoms with Gasteiger partial charge in [-0.25, -0.2) is 0 Å². The van der Waals surface area contributed by atoms with E-state index < -0.39 is 0 Å². The summed E-state index contributed by atoms with van der Waals surface area (Å²) >= 11 is 5.85. The highest BCUT2D eigenvalue weighted by atomic mass is 35.5. The fraction of sp³-hybridized carbons (Fsp3) is 0.250. The van der Waals surface area contributed by atoms with E-state index in [9.17, 15) is 5.11 Å². The Morgan fingerprint density at radius 1 is 1.10 bits per heavy atom. The summed E-state index contributed by atoms with van der Waals surface area (Å²) in [5.41, 5.74) is 1.05. The van der Waals surface area contributed by atoms with E-state index in [1.807, 2.05) is 36.4 Å². The van der Waals surface area contributed by atoms with E-state index in [0.717, 1.165) is 30.8 Å². The number of phenols is 1. The SMILES string of the molecule is Oc1ccc(CNCCCOc2ccccc2)cc1Cl. The lowest BCUT2D eigenvalue weighted by Crippen LogP contribution is -2.17. The van der Waals surface area contributed by atoms with Gasteiger partial charge in [0.25, 0.3) is 0 Å². The van der Waals surface area contributed by atoms with Gasteiger partial charge < -0.3 is 15.2 Å². The number of para-hydroxylation sites is 1. The zero-order valence-corrected chi connectivity index (χ0v) is 11.9. The molecule has 0 unspecified atom stereocenters. The molecule has 2 rings (SSSR count). The summed E-state index contributed by atoms with van der Waals surface area (Å²) in [6.07, 6.45) is 0.931. The Bertz CT molecular complexity index is 531. The second-order valence-corrected chi connectivity index (χ2v) is 4.88. The van der Waals surface area contributed by atoms with E-state index in [1.165, 1.54) is 0 Å². The second kappa shape index (κ2) is 7.78. The summed E-state index contributed by atoms with van der Waals surface area (Å²) in [6.45, 7) is 2.28. The number of nitrogens with one attached hydrogen (secondary N) is 1. The van der Waals surface area contributed by atoms with Crippen molar-refractivity contribution in [2.75, 3.05) is 13.2 Å². The van der Waals surface area contributed by atoms with Crippen LogP contribution < -0.4 is 10.1 Å². The first-order valence-corrected chi connectivity index (χ1v) is 6.99. The molecule has 0 spiro atoms. The highest BCUT2D eigenvalue weighted by Gasteiger charge is 1.99. The Labute approximate surface area is 124 Å². The summed E-state index contributed by atoms with van der Waals surface area (Å²) in [4.78, 5) is 0. The summed E-state index contributed by atoms with van der Waals surface area (Å²) in [6, 6.07) is 15.0. The van der Waals surface area contributed by atoms with Gasteiger partial charge in [0.15, 0.2) is 0 Å². The molecule has 0 radical (unpaired) electrons. The molecule has 106 valence electrons. The van der Waals surface area contributed by atoms with Crippen LogP contribution in [0.15, 0.2) is 48.5 Å². The first-order valence-electron chi connectivity index (χ1n) is 6.61. The minimum atomic E-state index is 0.117. The fourth-order valence-electron chi connectivity index (χ4n) is 1.80. The molecular weight excluding hydrogens is 274 g/mol. The number of aromatic hydroxyl groups is 1. The molecule has 0 aliphatic heterocycles. The number of benzene rings is 2. The van der Waals surface area contributed by atoms with Crippen LogP contribution in [0.3, 0.4) is 0 Å². The summed E-state index contributed by atoms with van der Waals surface area (Å²) in [7, 11) is 0. The van der Waals surface area contributed by atoms with E-state index in [2.05, 4.69) is 5.32 Å². The van der Waals surface area contributed by atoms with Crippen LogP contribution in [0.4, 0.5) is 0 Å². The molecule has 0 aliphatic rings. The first kappa shape index (κ1) is 14.7. The van der Waals surface area contributed by atoms with Crippen LogP contribution >= 0.6 is 11.6 Å². The van der Waals surface area contributed by atoms with Gasteiger partial charge in [0, 0.05) is 6.54 Å². The molecule has 2 aromatic rings. The molecule has 0 amide bonds. The molecule has 2 aromatic carbocycles. The lowest BCUT2D eigenvalue weighted by Gasteiger charge is -2.08. The van der Waals surface area contributed by atoms with Crippen molar-refractivity contribution < 1.29 is 9.84 Å². The van der Waals surface area contributed by atoms with Gasteiger partial charge in [0.2, 0.25) is 0 Å². The molecule has 0 aliphatic carbocycles. The van der Waals surface area contributed by atoms with Crippen molar-refractivity contribution in [3.8, 4) is 11.5 Å². The monoisotopic (exact) mass is 291 g/mol.